The lowest BCUT2D eigenvalue weighted by Crippen LogP contribution is -2.37. The van der Waals surface area contributed by atoms with Crippen molar-refractivity contribution in [3.63, 3.8) is 0 Å². The van der Waals surface area contributed by atoms with Gasteiger partial charge in [0, 0.05) is 24.9 Å². The predicted molar refractivity (Wildman–Crippen MR) is 97.7 cm³/mol. The fourth-order valence-electron chi connectivity index (χ4n) is 2.00. The maximum absolute atomic E-state index is 11.9. The number of hydrogen-bond acceptors (Lipinski definition) is 4. The van der Waals surface area contributed by atoms with Gasteiger partial charge in [-0.05, 0) is 24.1 Å². The Balaban J connectivity index is 2.44. The van der Waals surface area contributed by atoms with Crippen molar-refractivity contribution in [2.75, 3.05) is 20.3 Å². The summed E-state index contributed by atoms with van der Waals surface area (Å²) in [5.74, 6) is 1.18. The first-order valence-electron chi connectivity index (χ1n) is 8.62. The molecule has 0 fully saturated rings. The van der Waals surface area contributed by atoms with E-state index in [2.05, 4.69) is 10.6 Å². The van der Waals surface area contributed by atoms with Crippen LogP contribution in [0, 0.1) is 5.41 Å². The fraction of sp³-hybridized carbons (Fsp3) is 0.579. The minimum atomic E-state index is -0.450. The number of methoxy groups -OCH3 is 1. The van der Waals surface area contributed by atoms with E-state index >= 15 is 0 Å². The third-order valence-corrected chi connectivity index (χ3v) is 3.50. The number of ether oxygens (including phenoxy) is 2. The zero-order valence-corrected chi connectivity index (χ0v) is 15.9. The lowest BCUT2D eigenvalue weighted by atomic mass is 9.96. The molecule has 0 unspecified atom stereocenters. The summed E-state index contributed by atoms with van der Waals surface area (Å²) in [4.78, 5) is 23.6. The summed E-state index contributed by atoms with van der Waals surface area (Å²) < 4.78 is 10.9. The van der Waals surface area contributed by atoms with Gasteiger partial charge in [0.25, 0.3) is 0 Å². The van der Waals surface area contributed by atoms with Crippen molar-refractivity contribution >= 4 is 11.8 Å². The van der Waals surface area contributed by atoms with Crippen molar-refractivity contribution in [3.05, 3.63) is 23.8 Å². The smallest absolute Gasteiger partial charge is 0.225 e. The number of rotatable bonds is 9. The number of nitrogens with one attached hydrogen (secondary N) is 2. The summed E-state index contributed by atoms with van der Waals surface area (Å²) in [6.07, 6.45) is 1.17. The standard InChI is InChI=1S/C19H30N2O4/c1-6-11-25-15-8-7-14(12-16(15)24-5)13-21-17(22)9-10-20-18(23)19(2,3)4/h7-8,12H,6,9-11,13H2,1-5H3,(H,20,23)(H,21,22). The van der Waals surface area contributed by atoms with Gasteiger partial charge in [0.15, 0.2) is 11.5 Å². The van der Waals surface area contributed by atoms with Crippen LogP contribution >= 0.6 is 0 Å². The first-order chi connectivity index (χ1) is 11.8. The maximum atomic E-state index is 11.9. The van der Waals surface area contributed by atoms with Crippen LogP contribution in [0.2, 0.25) is 0 Å². The molecule has 2 N–H and O–H groups in total. The van der Waals surface area contributed by atoms with E-state index in [1.165, 1.54) is 0 Å². The predicted octanol–water partition coefficient (Wildman–Crippen LogP) is 2.65. The van der Waals surface area contributed by atoms with Crippen LogP contribution in [0.5, 0.6) is 11.5 Å². The molecule has 25 heavy (non-hydrogen) atoms. The fourth-order valence-corrected chi connectivity index (χ4v) is 2.00. The topological polar surface area (TPSA) is 76.7 Å². The van der Waals surface area contributed by atoms with Crippen molar-refractivity contribution < 1.29 is 19.1 Å². The molecule has 0 aromatic heterocycles. The molecule has 0 spiro atoms. The molecular weight excluding hydrogens is 320 g/mol. The molecule has 0 saturated carbocycles. The molecule has 0 heterocycles. The second-order valence-electron chi connectivity index (χ2n) is 6.87. The first-order valence-corrected chi connectivity index (χ1v) is 8.62. The minimum absolute atomic E-state index is 0.0623. The highest BCUT2D eigenvalue weighted by Gasteiger charge is 2.20. The number of hydrogen-bond donors (Lipinski definition) is 2. The zero-order valence-electron chi connectivity index (χ0n) is 15.9. The van der Waals surface area contributed by atoms with Crippen LogP contribution in [-0.4, -0.2) is 32.1 Å². The second-order valence-corrected chi connectivity index (χ2v) is 6.87. The van der Waals surface area contributed by atoms with E-state index in [0.29, 0.717) is 31.2 Å². The molecule has 6 nitrogen and oxygen atoms in total. The van der Waals surface area contributed by atoms with Gasteiger partial charge in [0.1, 0.15) is 0 Å². The van der Waals surface area contributed by atoms with Crippen molar-refractivity contribution in [2.24, 2.45) is 5.41 Å². The number of amides is 2. The third kappa shape index (κ3) is 7.45. The summed E-state index contributed by atoms with van der Waals surface area (Å²) in [6.45, 7) is 8.91. The maximum Gasteiger partial charge on any atom is 0.225 e. The molecule has 1 aromatic rings. The summed E-state index contributed by atoms with van der Waals surface area (Å²) >= 11 is 0. The second kappa shape index (κ2) is 9.91. The third-order valence-electron chi connectivity index (χ3n) is 3.50. The Kier molecular flexibility index (Phi) is 8.25. The van der Waals surface area contributed by atoms with Crippen molar-refractivity contribution in [1.29, 1.82) is 0 Å². The molecule has 2 amide bonds. The van der Waals surface area contributed by atoms with Crippen LogP contribution in [0.3, 0.4) is 0 Å². The van der Waals surface area contributed by atoms with Gasteiger partial charge in [0.05, 0.1) is 13.7 Å². The number of carbonyl (C=O) groups excluding carboxylic acids is 2. The molecule has 1 rings (SSSR count). The van der Waals surface area contributed by atoms with Crippen LogP contribution in [-0.2, 0) is 16.1 Å². The summed E-state index contributed by atoms with van der Waals surface area (Å²) in [7, 11) is 1.59. The van der Waals surface area contributed by atoms with Gasteiger partial charge in [0.2, 0.25) is 11.8 Å². The van der Waals surface area contributed by atoms with Crippen molar-refractivity contribution in [1.82, 2.24) is 10.6 Å². The average Bonchev–Trinajstić information content (AvgIpc) is 2.57. The van der Waals surface area contributed by atoms with Gasteiger partial charge in [-0.25, -0.2) is 0 Å². The first kappa shape index (κ1) is 20.8. The lowest BCUT2D eigenvalue weighted by molar-refractivity contribution is -0.128. The summed E-state index contributed by atoms with van der Waals surface area (Å²) in [5.41, 5.74) is 0.474. The molecule has 140 valence electrons. The van der Waals surface area contributed by atoms with Crippen molar-refractivity contribution in [3.8, 4) is 11.5 Å². The zero-order chi connectivity index (χ0) is 18.9. The molecule has 0 bridgehead atoms. The monoisotopic (exact) mass is 350 g/mol. The Morgan fingerprint density at radius 1 is 1.12 bits per heavy atom. The quantitative estimate of drug-likeness (QED) is 0.718. The Bertz CT molecular complexity index is 579. The van der Waals surface area contributed by atoms with Crippen LogP contribution in [0.4, 0.5) is 0 Å². The molecule has 0 atom stereocenters. The van der Waals surface area contributed by atoms with Crippen LogP contribution in [0.15, 0.2) is 18.2 Å². The molecule has 0 aliphatic carbocycles. The molecule has 1 aromatic carbocycles. The molecular formula is C19H30N2O4. The van der Waals surface area contributed by atoms with E-state index in [1.54, 1.807) is 7.11 Å². The average molecular weight is 350 g/mol. The molecule has 6 heteroatoms. The van der Waals surface area contributed by atoms with E-state index in [-0.39, 0.29) is 18.2 Å². The Morgan fingerprint density at radius 2 is 1.84 bits per heavy atom. The summed E-state index contributed by atoms with van der Waals surface area (Å²) in [6, 6.07) is 5.60. The molecule has 0 radical (unpaired) electrons. The highest BCUT2D eigenvalue weighted by Crippen LogP contribution is 2.28. The SMILES string of the molecule is CCCOc1ccc(CNC(=O)CCNC(=O)C(C)(C)C)cc1OC. The van der Waals surface area contributed by atoms with Crippen LogP contribution in [0.1, 0.15) is 46.1 Å². The molecule has 0 saturated heterocycles. The Hall–Kier alpha value is -2.24. The van der Waals surface area contributed by atoms with Gasteiger partial charge in [-0.3, -0.25) is 9.59 Å². The van der Waals surface area contributed by atoms with E-state index in [4.69, 9.17) is 9.47 Å². The number of carbonyl (C=O) groups is 2. The minimum Gasteiger partial charge on any atom is -0.493 e. The van der Waals surface area contributed by atoms with Gasteiger partial charge < -0.3 is 20.1 Å². The molecule has 0 aliphatic heterocycles. The van der Waals surface area contributed by atoms with E-state index in [0.717, 1.165) is 12.0 Å². The molecule has 0 aliphatic rings. The Labute approximate surface area is 150 Å². The van der Waals surface area contributed by atoms with Gasteiger partial charge in [-0.2, -0.15) is 0 Å². The normalized spacial score (nSPS) is 10.9. The van der Waals surface area contributed by atoms with E-state index in [1.807, 2.05) is 45.9 Å². The van der Waals surface area contributed by atoms with E-state index < -0.39 is 5.41 Å². The Morgan fingerprint density at radius 3 is 2.44 bits per heavy atom. The van der Waals surface area contributed by atoms with Crippen LogP contribution in [0.25, 0.3) is 0 Å². The van der Waals surface area contributed by atoms with Gasteiger partial charge in [-0.15, -0.1) is 0 Å². The van der Waals surface area contributed by atoms with E-state index in [9.17, 15) is 9.59 Å². The van der Waals surface area contributed by atoms with Crippen LogP contribution < -0.4 is 20.1 Å². The van der Waals surface area contributed by atoms with Crippen molar-refractivity contribution in [2.45, 2.75) is 47.1 Å². The highest BCUT2D eigenvalue weighted by molar-refractivity contribution is 5.82. The number of benzene rings is 1. The van der Waals surface area contributed by atoms with Gasteiger partial charge >= 0.3 is 0 Å². The largest absolute Gasteiger partial charge is 0.493 e. The van der Waals surface area contributed by atoms with Gasteiger partial charge in [-0.1, -0.05) is 33.8 Å². The highest BCUT2D eigenvalue weighted by atomic mass is 16.5. The summed E-state index contributed by atoms with van der Waals surface area (Å²) in [5, 5.41) is 5.60. The lowest BCUT2D eigenvalue weighted by Gasteiger charge is -2.17.